The topological polar surface area (TPSA) is 82.8 Å². The molecule has 2 aromatic rings. The minimum Gasteiger partial charge on any atom is -0.356 e. The molecule has 0 N–H and O–H groups in total. The van der Waals surface area contributed by atoms with Gasteiger partial charge in [0.2, 0.25) is 0 Å². The third-order valence-corrected chi connectivity index (χ3v) is 7.26. The Morgan fingerprint density at radius 1 is 1.00 bits per heavy atom. The van der Waals surface area contributed by atoms with Crippen LogP contribution >= 0.6 is 0 Å². The molecular formula is C27H37N5O3. The van der Waals surface area contributed by atoms with Gasteiger partial charge in [-0.15, -0.1) is 0 Å². The van der Waals surface area contributed by atoms with Gasteiger partial charge in [0.25, 0.3) is 11.6 Å². The Kier molecular flexibility index (Phi) is 7.69. The number of anilines is 1. The molecule has 2 aliphatic heterocycles. The fourth-order valence-electron chi connectivity index (χ4n) is 5.61. The molecule has 35 heavy (non-hydrogen) atoms. The van der Waals surface area contributed by atoms with E-state index in [4.69, 9.17) is 4.98 Å². The molecule has 0 atom stereocenters. The van der Waals surface area contributed by atoms with Crippen molar-refractivity contribution in [2.75, 3.05) is 31.1 Å². The van der Waals surface area contributed by atoms with E-state index in [-0.39, 0.29) is 29.4 Å². The van der Waals surface area contributed by atoms with Gasteiger partial charge in [0.15, 0.2) is 5.69 Å². The molecule has 0 aliphatic carbocycles. The molecule has 0 bridgehead atoms. The number of amides is 1. The fraction of sp³-hybridized carbons (Fsp3) is 0.556. The summed E-state index contributed by atoms with van der Waals surface area (Å²) in [6.45, 7) is 12.1. The minimum absolute atomic E-state index is 0.00161. The van der Waals surface area contributed by atoms with Gasteiger partial charge in [-0.1, -0.05) is 18.2 Å². The highest BCUT2D eigenvalue weighted by Crippen LogP contribution is 2.34. The highest BCUT2D eigenvalue weighted by molar-refractivity contribution is 6.01. The molecule has 2 fully saturated rings. The average molecular weight is 480 g/mol. The number of piperidine rings is 1. The SMILES string of the molecule is CC(C)N(C(=O)c1ccccc1-c1nc(N2CCC(N3CCCC3)CC2)ccc1[N+](=O)[O-])C(C)C. The fourth-order valence-corrected chi connectivity index (χ4v) is 5.61. The summed E-state index contributed by atoms with van der Waals surface area (Å²) in [6, 6.07) is 11.0. The van der Waals surface area contributed by atoms with Crippen molar-refractivity contribution in [2.24, 2.45) is 0 Å². The molecule has 2 aliphatic rings. The van der Waals surface area contributed by atoms with E-state index < -0.39 is 4.92 Å². The molecule has 8 nitrogen and oxygen atoms in total. The van der Waals surface area contributed by atoms with Gasteiger partial charge in [0.05, 0.1) is 4.92 Å². The number of aromatic nitrogens is 1. The standard InChI is InChI=1S/C27H37N5O3/c1-19(2)31(20(3)4)27(33)23-10-6-5-9-22(23)26-24(32(34)35)11-12-25(28-26)30-17-13-21(14-18-30)29-15-7-8-16-29/h5-6,9-12,19-21H,7-8,13-18H2,1-4H3. The normalized spacial score (nSPS) is 17.4. The molecular weight excluding hydrogens is 442 g/mol. The highest BCUT2D eigenvalue weighted by atomic mass is 16.6. The number of carbonyl (C=O) groups is 1. The first kappa shape index (κ1) is 25.1. The van der Waals surface area contributed by atoms with Gasteiger partial charge < -0.3 is 14.7 Å². The second-order valence-corrected chi connectivity index (χ2v) is 10.2. The number of pyridine rings is 1. The Morgan fingerprint density at radius 2 is 1.63 bits per heavy atom. The predicted molar refractivity (Wildman–Crippen MR) is 139 cm³/mol. The van der Waals surface area contributed by atoms with E-state index in [2.05, 4.69) is 9.80 Å². The van der Waals surface area contributed by atoms with Crippen LogP contribution in [0.4, 0.5) is 11.5 Å². The van der Waals surface area contributed by atoms with Crippen LogP contribution in [0, 0.1) is 10.1 Å². The van der Waals surface area contributed by atoms with Crippen molar-refractivity contribution in [2.45, 2.75) is 71.5 Å². The summed E-state index contributed by atoms with van der Waals surface area (Å²) < 4.78 is 0. The van der Waals surface area contributed by atoms with Crippen LogP contribution in [-0.2, 0) is 0 Å². The highest BCUT2D eigenvalue weighted by Gasteiger charge is 2.30. The largest absolute Gasteiger partial charge is 0.356 e. The van der Waals surface area contributed by atoms with Crippen LogP contribution in [0.1, 0.15) is 63.7 Å². The average Bonchev–Trinajstić information content (AvgIpc) is 3.38. The summed E-state index contributed by atoms with van der Waals surface area (Å²) in [5, 5.41) is 12.0. The van der Waals surface area contributed by atoms with Crippen molar-refractivity contribution in [3.63, 3.8) is 0 Å². The Morgan fingerprint density at radius 3 is 2.23 bits per heavy atom. The molecule has 0 saturated carbocycles. The zero-order chi connectivity index (χ0) is 25.1. The number of rotatable bonds is 7. The van der Waals surface area contributed by atoms with Crippen molar-refractivity contribution < 1.29 is 9.72 Å². The van der Waals surface area contributed by atoms with Crippen molar-refractivity contribution >= 4 is 17.4 Å². The van der Waals surface area contributed by atoms with Crippen molar-refractivity contribution in [3.05, 3.63) is 52.1 Å². The predicted octanol–water partition coefficient (Wildman–Crippen LogP) is 4.98. The second-order valence-electron chi connectivity index (χ2n) is 10.2. The van der Waals surface area contributed by atoms with Gasteiger partial charge >= 0.3 is 0 Å². The zero-order valence-corrected chi connectivity index (χ0v) is 21.3. The van der Waals surface area contributed by atoms with Crippen molar-refractivity contribution in [3.8, 4) is 11.3 Å². The summed E-state index contributed by atoms with van der Waals surface area (Å²) in [4.78, 5) is 36.5. The maximum absolute atomic E-state index is 13.6. The number of nitro groups is 1. The number of nitrogens with zero attached hydrogens (tertiary/aromatic N) is 5. The molecule has 3 heterocycles. The molecule has 2 saturated heterocycles. The molecule has 1 amide bonds. The Bertz CT molecular complexity index is 1050. The first-order valence-electron chi connectivity index (χ1n) is 12.8. The summed E-state index contributed by atoms with van der Waals surface area (Å²) in [5.41, 5.74) is 1.12. The number of hydrogen-bond donors (Lipinski definition) is 0. The number of hydrogen-bond acceptors (Lipinski definition) is 6. The van der Waals surface area contributed by atoms with Crippen LogP contribution in [-0.4, -0.2) is 69.9 Å². The van der Waals surface area contributed by atoms with E-state index in [9.17, 15) is 14.9 Å². The lowest BCUT2D eigenvalue weighted by molar-refractivity contribution is -0.384. The van der Waals surface area contributed by atoms with E-state index in [1.807, 2.05) is 27.7 Å². The molecule has 0 unspecified atom stereocenters. The number of benzene rings is 1. The van der Waals surface area contributed by atoms with Gasteiger partial charge in [-0.3, -0.25) is 14.9 Å². The van der Waals surface area contributed by atoms with Crippen LogP contribution in [0.3, 0.4) is 0 Å². The van der Waals surface area contributed by atoms with Crippen LogP contribution in [0.15, 0.2) is 36.4 Å². The summed E-state index contributed by atoms with van der Waals surface area (Å²) in [6.07, 6.45) is 4.72. The van der Waals surface area contributed by atoms with Crippen molar-refractivity contribution in [1.29, 1.82) is 0 Å². The monoisotopic (exact) mass is 479 g/mol. The zero-order valence-electron chi connectivity index (χ0n) is 21.3. The van der Waals surface area contributed by atoms with Crippen LogP contribution in [0.5, 0.6) is 0 Å². The van der Waals surface area contributed by atoms with E-state index in [1.165, 1.54) is 32.0 Å². The lowest BCUT2D eigenvalue weighted by Gasteiger charge is -2.37. The van der Waals surface area contributed by atoms with E-state index >= 15 is 0 Å². The van der Waals surface area contributed by atoms with E-state index in [1.54, 1.807) is 35.2 Å². The second kappa shape index (κ2) is 10.7. The van der Waals surface area contributed by atoms with E-state index in [0.29, 0.717) is 17.2 Å². The third kappa shape index (κ3) is 5.32. The Labute approximate surface area is 208 Å². The molecule has 188 valence electrons. The first-order valence-corrected chi connectivity index (χ1v) is 12.8. The molecule has 4 rings (SSSR count). The summed E-state index contributed by atoms with van der Waals surface area (Å²) in [7, 11) is 0. The Hall–Kier alpha value is -3.00. The number of likely N-dealkylation sites (tertiary alicyclic amines) is 1. The maximum atomic E-state index is 13.6. The Balaban J connectivity index is 1.67. The van der Waals surface area contributed by atoms with E-state index in [0.717, 1.165) is 31.7 Å². The smallest absolute Gasteiger partial charge is 0.295 e. The first-order chi connectivity index (χ1) is 16.8. The van der Waals surface area contributed by atoms with Crippen LogP contribution < -0.4 is 4.90 Å². The molecule has 1 aromatic heterocycles. The van der Waals surface area contributed by atoms with Gasteiger partial charge in [0, 0.05) is 48.4 Å². The summed E-state index contributed by atoms with van der Waals surface area (Å²) >= 11 is 0. The van der Waals surface area contributed by atoms with Crippen LogP contribution in [0.2, 0.25) is 0 Å². The van der Waals surface area contributed by atoms with Crippen LogP contribution in [0.25, 0.3) is 11.3 Å². The third-order valence-electron chi connectivity index (χ3n) is 7.26. The lowest BCUT2D eigenvalue weighted by atomic mass is 10.00. The minimum atomic E-state index is -0.407. The molecule has 0 spiro atoms. The van der Waals surface area contributed by atoms with Crippen molar-refractivity contribution in [1.82, 2.24) is 14.8 Å². The van der Waals surface area contributed by atoms with Gasteiger partial charge in [-0.05, 0) is 78.6 Å². The molecule has 8 heteroatoms. The maximum Gasteiger partial charge on any atom is 0.295 e. The molecule has 1 aromatic carbocycles. The quantitative estimate of drug-likeness (QED) is 0.411. The summed E-state index contributed by atoms with van der Waals surface area (Å²) in [5.74, 6) is 0.593. The van der Waals surface area contributed by atoms with Gasteiger partial charge in [0.1, 0.15) is 5.82 Å². The van der Waals surface area contributed by atoms with Gasteiger partial charge in [-0.2, -0.15) is 0 Å². The molecule has 0 radical (unpaired) electrons. The number of carbonyl (C=O) groups excluding carboxylic acids is 1. The lowest BCUT2D eigenvalue weighted by Crippen LogP contribution is -2.44. The van der Waals surface area contributed by atoms with Gasteiger partial charge in [-0.25, -0.2) is 4.98 Å².